The third kappa shape index (κ3) is 4.09. The van der Waals surface area contributed by atoms with Crippen LogP contribution in [0.2, 0.25) is 0 Å². The van der Waals surface area contributed by atoms with Gasteiger partial charge in [-0.15, -0.1) is 17.0 Å². The molecule has 12 nitrogen and oxygen atoms in total. The first-order chi connectivity index (χ1) is 22.0. The highest BCUT2D eigenvalue weighted by Crippen LogP contribution is 2.80. The number of aliphatic hydroxyl groups is 3. The molecule has 262 valence electrons. The Kier molecular flexibility index (Phi) is 8.96. The second kappa shape index (κ2) is 12.0. The smallest absolute Gasteiger partial charge is 0.338 e. The Balaban J connectivity index is 0.00000386. The van der Waals surface area contributed by atoms with Gasteiger partial charge in [0.1, 0.15) is 23.9 Å². The molecule has 15 atom stereocenters. The molecule has 5 aliphatic carbocycles. The highest BCUT2D eigenvalue weighted by Gasteiger charge is 2.92. The van der Waals surface area contributed by atoms with Gasteiger partial charge in [-0.1, -0.05) is 25.1 Å². The number of benzene rings is 1. The molecule has 1 unspecified atom stereocenters. The molecule has 0 aromatic heterocycles. The summed E-state index contributed by atoms with van der Waals surface area (Å²) in [6.07, 6.45) is -5.49. The van der Waals surface area contributed by atoms with Crippen molar-refractivity contribution in [2.75, 3.05) is 48.1 Å². The van der Waals surface area contributed by atoms with Gasteiger partial charge in [0.15, 0.2) is 5.60 Å². The topological polar surface area (TPSA) is 153 Å². The molecule has 7 rings (SSSR count). The second-order valence-corrected chi connectivity index (χ2v) is 14.4. The monoisotopic (exact) mass is 725 g/mol. The number of methoxy groups -OCH3 is 4. The summed E-state index contributed by atoms with van der Waals surface area (Å²) < 4.78 is 37.4. The maximum absolute atomic E-state index is 13.8. The van der Waals surface area contributed by atoms with Crippen molar-refractivity contribution < 1.29 is 53.3 Å². The largest absolute Gasteiger partial charge is 0.455 e. The zero-order valence-corrected chi connectivity index (χ0v) is 29.4. The van der Waals surface area contributed by atoms with Gasteiger partial charge in [-0.2, -0.15) is 0 Å². The molecular weight excluding hydrogens is 678 g/mol. The lowest BCUT2D eigenvalue weighted by molar-refractivity contribution is -0.322. The van der Waals surface area contributed by atoms with E-state index in [0.717, 1.165) is 0 Å². The Morgan fingerprint density at radius 3 is 2.28 bits per heavy atom. The number of nitrogens with zero attached hydrogens (tertiary/aromatic N) is 1. The zero-order chi connectivity index (χ0) is 33.0. The number of hydrogen-bond donors (Lipinski definition) is 3. The molecule has 1 aromatic rings. The third-order valence-electron chi connectivity index (χ3n) is 13.2. The minimum atomic E-state index is -1.83. The Hall–Kier alpha value is -1.68. The number of likely N-dealkylation sites (tertiary alicyclic amines) is 1. The summed E-state index contributed by atoms with van der Waals surface area (Å²) in [6.45, 7) is 4.68. The van der Waals surface area contributed by atoms with Crippen LogP contribution in [0.15, 0.2) is 30.3 Å². The van der Waals surface area contributed by atoms with Crippen molar-refractivity contribution in [2.45, 2.75) is 80.6 Å². The minimum absolute atomic E-state index is 0. The number of hydrogen-bond acceptors (Lipinski definition) is 12. The number of carbonyl (C=O) groups is 2. The van der Waals surface area contributed by atoms with E-state index in [2.05, 4.69) is 4.90 Å². The highest BCUT2D eigenvalue weighted by molar-refractivity contribution is 8.93. The number of piperidine rings is 1. The molecule has 6 fully saturated rings. The maximum atomic E-state index is 13.8. The summed E-state index contributed by atoms with van der Waals surface area (Å²) in [7, 11) is 6.27. The van der Waals surface area contributed by atoms with Crippen LogP contribution in [0.1, 0.15) is 37.0 Å². The zero-order valence-electron chi connectivity index (χ0n) is 27.7. The second-order valence-electron chi connectivity index (χ2n) is 14.4. The van der Waals surface area contributed by atoms with Crippen molar-refractivity contribution in [3.8, 4) is 0 Å². The van der Waals surface area contributed by atoms with Gasteiger partial charge >= 0.3 is 11.9 Å². The Labute approximate surface area is 285 Å². The van der Waals surface area contributed by atoms with Crippen molar-refractivity contribution in [1.82, 2.24) is 4.90 Å². The fourth-order valence-corrected chi connectivity index (χ4v) is 12.3. The van der Waals surface area contributed by atoms with E-state index in [4.69, 9.17) is 28.4 Å². The van der Waals surface area contributed by atoms with Gasteiger partial charge in [0.05, 0.1) is 30.5 Å². The fraction of sp³-hybridized carbons (Fsp3) is 0.765. The van der Waals surface area contributed by atoms with Crippen LogP contribution in [0.25, 0.3) is 0 Å². The van der Waals surface area contributed by atoms with E-state index < -0.39 is 88.3 Å². The van der Waals surface area contributed by atoms with Crippen LogP contribution in [0, 0.1) is 34.5 Å². The molecule has 1 spiro atoms. The average molecular weight is 727 g/mol. The summed E-state index contributed by atoms with van der Waals surface area (Å²) in [4.78, 5) is 29.3. The molecular formula is C34H48BrNO11. The van der Waals surface area contributed by atoms with Crippen LogP contribution >= 0.6 is 17.0 Å². The van der Waals surface area contributed by atoms with E-state index in [9.17, 15) is 24.9 Å². The van der Waals surface area contributed by atoms with Crippen molar-refractivity contribution in [3.63, 3.8) is 0 Å². The summed E-state index contributed by atoms with van der Waals surface area (Å²) in [5, 5.41) is 37.3. The SMILES string of the molecule is Br.CCN1C[C@]2(COC)[C@H](O)C[C@H](OC)[C@]34C1[C@H]([C@H](OC)[C@H]23)[C@]1(OC(C)=O)[C@H]2[C@@H](OC(=O)c3ccccc3)[C@](O)(C[C@H]24)[C@@H](OC)[C@@H]1O. The summed E-state index contributed by atoms with van der Waals surface area (Å²) >= 11 is 0. The van der Waals surface area contributed by atoms with E-state index in [-0.39, 0.29) is 42.0 Å². The first-order valence-electron chi connectivity index (χ1n) is 16.3. The van der Waals surface area contributed by atoms with Crippen LogP contribution in [0.5, 0.6) is 0 Å². The molecule has 0 amide bonds. The summed E-state index contributed by atoms with van der Waals surface area (Å²) in [5.41, 5.74) is -4.79. The third-order valence-corrected chi connectivity index (χ3v) is 13.2. The molecule has 3 N–H and O–H groups in total. The first-order valence-corrected chi connectivity index (χ1v) is 16.3. The van der Waals surface area contributed by atoms with Crippen molar-refractivity contribution in [3.05, 3.63) is 35.9 Å². The van der Waals surface area contributed by atoms with Gasteiger partial charge in [0.25, 0.3) is 0 Å². The molecule has 6 aliphatic rings. The number of ether oxygens (including phenoxy) is 6. The van der Waals surface area contributed by atoms with Crippen LogP contribution in [-0.2, 0) is 33.2 Å². The van der Waals surface area contributed by atoms with E-state index in [1.807, 2.05) is 6.92 Å². The van der Waals surface area contributed by atoms with Gasteiger partial charge in [0.2, 0.25) is 0 Å². The normalized spacial score (nSPS) is 48.8. The Morgan fingerprint density at radius 1 is 1.00 bits per heavy atom. The highest BCUT2D eigenvalue weighted by atomic mass is 79.9. The van der Waals surface area contributed by atoms with Gasteiger partial charge in [-0.25, -0.2) is 4.79 Å². The van der Waals surface area contributed by atoms with E-state index in [1.54, 1.807) is 51.7 Å². The molecule has 0 radical (unpaired) electrons. The number of carbonyl (C=O) groups excluding carboxylic acids is 2. The molecule has 13 heteroatoms. The molecule has 47 heavy (non-hydrogen) atoms. The predicted molar refractivity (Wildman–Crippen MR) is 171 cm³/mol. The molecule has 1 saturated heterocycles. The lowest BCUT2D eigenvalue weighted by atomic mass is 9.42. The predicted octanol–water partition coefficient (Wildman–Crippen LogP) is 1.23. The summed E-state index contributed by atoms with van der Waals surface area (Å²) in [5.74, 6) is -3.65. The lowest BCUT2D eigenvalue weighted by Gasteiger charge is -2.70. The van der Waals surface area contributed by atoms with Crippen LogP contribution < -0.4 is 0 Å². The van der Waals surface area contributed by atoms with Crippen LogP contribution in [0.4, 0.5) is 0 Å². The number of aliphatic hydroxyl groups excluding tert-OH is 2. The van der Waals surface area contributed by atoms with Crippen LogP contribution in [0.3, 0.4) is 0 Å². The van der Waals surface area contributed by atoms with E-state index in [0.29, 0.717) is 25.1 Å². The van der Waals surface area contributed by atoms with Crippen LogP contribution in [-0.4, -0.2) is 134 Å². The fourth-order valence-electron chi connectivity index (χ4n) is 12.3. The molecule has 7 bridgehead atoms. The molecule has 5 saturated carbocycles. The van der Waals surface area contributed by atoms with Crippen molar-refractivity contribution in [1.29, 1.82) is 0 Å². The van der Waals surface area contributed by atoms with Crippen molar-refractivity contribution in [2.24, 2.45) is 34.5 Å². The Bertz CT molecular complexity index is 1370. The molecule has 1 aliphatic heterocycles. The van der Waals surface area contributed by atoms with Gasteiger partial charge in [-0.05, 0) is 31.0 Å². The number of fused-ring (bicyclic) bond motifs is 2. The first kappa shape index (κ1) is 35.2. The quantitative estimate of drug-likeness (QED) is 0.314. The van der Waals surface area contributed by atoms with Gasteiger partial charge in [-0.3, -0.25) is 9.69 Å². The molecule has 1 aromatic carbocycles. The standard InChI is InChI=1S/C34H47NO11.BrH/c1-7-35-15-31(16-41-3)20(37)13-21(42-4)33-19-14-32(40)28(45-30(39)18-11-9-8-10-12-18)22(19)34(46-17(2)36,27(38)29(32)44-6)23(26(33)35)24(43-5)25(31)33;/h8-12,19-29,37-38,40H,7,13-16H2,1-6H3;1H/t19-,20-,21+,22-,23+,24+,25-,26?,27+,28-,29+,31+,32-,33+,34-;/m1./s1. The summed E-state index contributed by atoms with van der Waals surface area (Å²) in [6, 6.07) is 8.18. The lowest BCUT2D eigenvalue weighted by Crippen LogP contribution is -2.81. The maximum Gasteiger partial charge on any atom is 0.338 e. The Morgan fingerprint density at radius 2 is 1.70 bits per heavy atom. The number of esters is 2. The van der Waals surface area contributed by atoms with Crippen molar-refractivity contribution >= 4 is 28.9 Å². The number of halogens is 1. The molecule has 1 heterocycles. The average Bonchev–Trinajstić information content (AvgIpc) is 3.41. The van der Waals surface area contributed by atoms with E-state index in [1.165, 1.54) is 14.0 Å². The van der Waals surface area contributed by atoms with Gasteiger partial charge in [0, 0.05) is 83.0 Å². The number of rotatable bonds is 9. The van der Waals surface area contributed by atoms with E-state index >= 15 is 0 Å². The van der Waals surface area contributed by atoms with Gasteiger partial charge < -0.3 is 43.7 Å². The minimum Gasteiger partial charge on any atom is -0.455 e.